The molecule has 0 aliphatic rings. The first-order valence-electron chi connectivity index (χ1n) is 5.27. The van der Waals surface area contributed by atoms with Crippen LogP contribution in [0.1, 0.15) is 19.7 Å². The number of hydrogen-bond donors (Lipinski definition) is 2. The van der Waals surface area contributed by atoms with Crippen LogP contribution in [0.2, 0.25) is 0 Å². The van der Waals surface area contributed by atoms with E-state index in [0.29, 0.717) is 18.9 Å². The Balaban J connectivity index is 2.62. The molecule has 0 saturated carbocycles. The van der Waals surface area contributed by atoms with Crippen LogP contribution < -0.4 is 5.73 Å². The Morgan fingerprint density at radius 3 is 2.60 bits per heavy atom. The molecular formula is C10H20N4O. The lowest BCUT2D eigenvalue weighted by Crippen LogP contribution is -2.34. The van der Waals surface area contributed by atoms with Gasteiger partial charge in [-0.25, -0.2) is 4.98 Å². The van der Waals surface area contributed by atoms with Crippen LogP contribution >= 0.6 is 0 Å². The molecule has 1 aromatic rings. The first-order valence-corrected chi connectivity index (χ1v) is 5.27. The van der Waals surface area contributed by atoms with Gasteiger partial charge in [0.25, 0.3) is 0 Å². The van der Waals surface area contributed by atoms with Crippen LogP contribution in [0.3, 0.4) is 0 Å². The first kappa shape index (κ1) is 12.1. The van der Waals surface area contributed by atoms with Crippen molar-refractivity contribution in [2.24, 2.45) is 24.6 Å². The smallest absolute Gasteiger partial charge is 0.138 e. The zero-order valence-electron chi connectivity index (χ0n) is 9.59. The summed E-state index contributed by atoms with van der Waals surface area (Å²) in [6.45, 7) is 4.63. The molecule has 1 aromatic heterocycles. The second kappa shape index (κ2) is 5.23. The highest BCUT2D eigenvalue weighted by Crippen LogP contribution is 2.16. The molecule has 0 radical (unpaired) electrons. The van der Waals surface area contributed by atoms with Crippen molar-refractivity contribution in [3.05, 3.63) is 12.2 Å². The van der Waals surface area contributed by atoms with E-state index in [9.17, 15) is 5.11 Å². The molecule has 1 rings (SSSR count). The van der Waals surface area contributed by atoms with Gasteiger partial charge in [-0.1, -0.05) is 13.8 Å². The van der Waals surface area contributed by atoms with Gasteiger partial charge in [-0.05, 0) is 18.4 Å². The number of aliphatic hydroxyl groups is 1. The van der Waals surface area contributed by atoms with Crippen LogP contribution in [0.15, 0.2) is 6.33 Å². The van der Waals surface area contributed by atoms with Crippen LogP contribution in [-0.4, -0.2) is 32.5 Å². The number of nitrogens with two attached hydrogens (primary N) is 1. The average molecular weight is 212 g/mol. The molecule has 2 atom stereocenters. The molecule has 0 bridgehead atoms. The van der Waals surface area contributed by atoms with Crippen LogP contribution in [0.25, 0.3) is 0 Å². The summed E-state index contributed by atoms with van der Waals surface area (Å²) in [5.41, 5.74) is 5.64. The molecule has 2 unspecified atom stereocenters. The number of aryl methyl sites for hydroxylation is 1. The van der Waals surface area contributed by atoms with E-state index in [2.05, 4.69) is 23.9 Å². The molecule has 0 spiro atoms. The molecule has 86 valence electrons. The van der Waals surface area contributed by atoms with Gasteiger partial charge in [0.15, 0.2) is 0 Å². The highest BCUT2D eigenvalue weighted by molar-refractivity contribution is 4.89. The maximum Gasteiger partial charge on any atom is 0.138 e. The first-order chi connectivity index (χ1) is 7.06. The normalized spacial score (nSPS) is 15.6. The zero-order valence-corrected chi connectivity index (χ0v) is 9.59. The third-order valence-electron chi connectivity index (χ3n) is 2.82. The monoisotopic (exact) mass is 212 g/mol. The Morgan fingerprint density at radius 2 is 2.20 bits per heavy atom. The van der Waals surface area contributed by atoms with Gasteiger partial charge in [-0.2, -0.15) is 5.10 Å². The van der Waals surface area contributed by atoms with Gasteiger partial charge in [0.05, 0.1) is 6.10 Å². The lowest BCUT2D eigenvalue weighted by molar-refractivity contribution is 0.0837. The molecule has 5 heteroatoms. The number of rotatable bonds is 5. The fourth-order valence-electron chi connectivity index (χ4n) is 1.72. The zero-order chi connectivity index (χ0) is 11.4. The predicted molar refractivity (Wildman–Crippen MR) is 58.1 cm³/mol. The lowest BCUT2D eigenvalue weighted by atomic mass is 9.88. The second-order valence-electron chi connectivity index (χ2n) is 4.21. The van der Waals surface area contributed by atoms with Gasteiger partial charge in [-0.3, -0.25) is 4.68 Å². The van der Waals surface area contributed by atoms with E-state index in [1.54, 1.807) is 4.68 Å². The molecule has 0 aliphatic heterocycles. The highest BCUT2D eigenvalue weighted by Gasteiger charge is 2.22. The van der Waals surface area contributed by atoms with Crippen LogP contribution in [-0.2, 0) is 13.5 Å². The fourth-order valence-corrected chi connectivity index (χ4v) is 1.72. The summed E-state index contributed by atoms with van der Waals surface area (Å²) in [5, 5.41) is 14.0. The third kappa shape index (κ3) is 3.00. The van der Waals surface area contributed by atoms with Crippen LogP contribution in [0.5, 0.6) is 0 Å². The van der Waals surface area contributed by atoms with E-state index in [4.69, 9.17) is 5.73 Å². The predicted octanol–water partition coefficient (Wildman–Crippen LogP) is -0.0506. The SMILES string of the molecule is CC(C)C(CN)C(O)Cc1ncnn1C. The maximum atomic E-state index is 10.0. The van der Waals surface area contributed by atoms with Crippen molar-refractivity contribution in [3.8, 4) is 0 Å². The molecule has 0 saturated heterocycles. The van der Waals surface area contributed by atoms with E-state index in [1.165, 1.54) is 6.33 Å². The summed E-state index contributed by atoms with van der Waals surface area (Å²) in [5.74, 6) is 1.28. The third-order valence-corrected chi connectivity index (χ3v) is 2.82. The molecule has 0 aliphatic carbocycles. The van der Waals surface area contributed by atoms with Crippen molar-refractivity contribution >= 4 is 0 Å². The number of aromatic nitrogens is 3. The topological polar surface area (TPSA) is 77.0 Å². The van der Waals surface area contributed by atoms with Gasteiger partial charge < -0.3 is 10.8 Å². The number of hydrogen-bond acceptors (Lipinski definition) is 4. The minimum Gasteiger partial charge on any atom is -0.392 e. The van der Waals surface area contributed by atoms with Crippen molar-refractivity contribution in [1.82, 2.24) is 14.8 Å². The largest absolute Gasteiger partial charge is 0.392 e. The molecule has 3 N–H and O–H groups in total. The number of nitrogens with zero attached hydrogens (tertiary/aromatic N) is 3. The van der Waals surface area contributed by atoms with E-state index in [0.717, 1.165) is 5.82 Å². The van der Waals surface area contributed by atoms with Crippen molar-refractivity contribution in [1.29, 1.82) is 0 Å². The summed E-state index contributed by atoms with van der Waals surface area (Å²) in [6, 6.07) is 0. The van der Waals surface area contributed by atoms with Gasteiger partial charge >= 0.3 is 0 Å². The van der Waals surface area contributed by atoms with Gasteiger partial charge in [0, 0.05) is 13.5 Å². The minimum absolute atomic E-state index is 0.113. The fraction of sp³-hybridized carbons (Fsp3) is 0.800. The average Bonchev–Trinajstić information content (AvgIpc) is 2.52. The van der Waals surface area contributed by atoms with E-state index in [-0.39, 0.29) is 5.92 Å². The Labute approximate surface area is 90.3 Å². The second-order valence-corrected chi connectivity index (χ2v) is 4.21. The molecule has 0 aromatic carbocycles. The summed E-state index contributed by atoms with van der Waals surface area (Å²) in [7, 11) is 1.82. The standard InChI is InChI=1S/C10H20N4O/c1-7(2)8(5-11)9(15)4-10-12-6-13-14(10)3/h6-9,15H,4-5,11H2,1-3H3. The quantitative estimate of drug-likeness (QED) is 0.717. The Bertz CT molecular complexity index is 297. The molecule has 1 heterocycles. The summed E-state index contributed by atoms with van der Waals surface area (Å²) in [6.07, 6.45) is 1.56. The van der Waals surface area contributed by atoms with Gasteiger partial charge in [-0.15, -0.1) is 0 Å². The molecular weight excluding hydrogens is 192 g/mol. The Kier molecular flexibility index (Phi) is 4.23. The maximum absolute atomic E-state index is 10.0. The highest BCUT2D eigenvalue weighted by atomic mass is 16.3. The van der Waals surface area contributed by atoms with Gasteiger partial charge in [0.1, 0.15) is 12.2 Å². The van der Waals surface area contributed by atoms with Crippen molar-refractivity contribution < 1.29 is 5.11 Å². The molecule has 0 fully saturated rings. The molecule has 15 heavy (non-hydrogen) atoms. The van der Waals surface area contributed by atoms with Crippen molar-refractivity contribution in [2.75, 3.05) is 6.54 Å². The van der Waals surface area contributed by atoms with E-state index >= 15 is 0 Å². The Hall–Kier alpha value is -0.940. The van der Waals surface area contributed by atoms with E-state index in [1.807, 2.05) is 7.05 Å². The van der Waals surface area contributed by atoms with Crippen molar-refractivity contribution in [2.45, 2.75) is 26.4 Å². The Morgan fingerprint density at radius 1 is 1.53 bits per heavy atom. The molecule has 5 nitrogen and oxygen atoms in total. The van der Waals surface area contributed by atoms with Crippen molar-refractivity contribution in [3.63, 3.8) is 0 Å². The van der Waals surface area contributed by atoms with E-state index < -0.39 is 6.10 Å². The van der Waals surface area contributed by atoms with Crippen LogP contribution in [0, 0.1) is 11.8 Å². The molecule has 0 amide bonds. The van der Waals surface area contributed by atoms with Gasteiger partial charge in [0.2, 0.25) is 0 Å². The lowest BCUT2D eigenvalue weighted by Gasteiger charge is -2.24. The minimum atomic E-state index is -0.446. The summed E-state index contributed by atoms with van der Waals surface area (Å²) < 4.78 is 1.68. The summed E-state index contributed by atoms with van der Waals surface area (Å²) >= 11 is 0. The van der Waals surface area contributed by atoms with Crippen LogP contribution in [0.4, 0.5) is 0 Å². The summed E-state index contributed by atoms with van der Waals surface area (Å²) in [4.78, 5) is 4.08. The number of aliphatic hydroxyl groups excluding tert-OH is 1.